The van der Waals surface area contributed by atoms with E-state index in [9.17, 15) is 9.59 Å². The molecule has 0 atom stereocenters. The third-order valence-corrected chi connectivity index (χ3v) is 4.59. The molecule has 0 radical (unpaired) electrons. The van der Waals surface area contributed by atoms with Gasteiger partial charge in [0.25, 0.3) is 5.91 Å². The van der Waals surface area contributed by atoms with Crippen LogP contribution in [0.15, 0.2) is 42.6 Å². The Kier molecular flexibility index (Phi) is 4.67. The van der Waals surface area contributed by atoms with Crippen LogP contribution in [-0.4, -0.2) is 22.2 Å². The van der Waals surface area contributed by atoms with E-state index in [1.807, 2.05) is 25.1 Å². The van der Waals surface area contributed by atoms with E-state index in [4.69, 9.17) is 11.6 Å². The fourth-order valence-corrected chi connectivity index (χ4v) is 2.71. The van der Waals surface area contributed by atoms with Gasteiger partial charge in [0, 0.05) is 29.6 Å². The average Bonchev–Trinajstić information content (AvgIpc) is 3.27. The lowest BCUT2D eigenvalue weighted by molar-refractivity contribution is -0.117. The molecule has 0 unspecified atom stereocenters. The molecule has 1 aromatic heterocycles. The molecule has 1 aromatic carbocycles. The van der Waals surface area contributed by atoms with Crippen LogP contribution in [0.3, 0.4) is 0 Å². The molecule has 2 aromatic rings. The first-order valence-corrected chi connectivity index (χ1v) is 8.36. The second kappa shape index (κ2) is 6.73. The summed E-state index contributed by atoms with van der Waals surface area (Å²) in [5.41, 5.74) is 1.87. The highest BCUT2D eigenvalue weighted by molar-refractivity contribution is 6.31. The van der Waals surface area contributed by atoms with E-state index < -0.39 is 0 Å². The number of carbonyl (C=O) groups excluding carboxylic acids is 2. The van der Waals surface area contributed by atoms with Crippen molar-refractivity contribution in [3.8, 4) is 0 Å². The molecular weight excluding hydrogens is 324 g/mol. The standard InChI is InChI=1S/C19H19ClN2O2/c1-19(7-8-19)22-18(24)17-11-13(6-9-21-17)10-15(23)12-14-4-2-3-5-16(14)20/h2-6,9,11H,7-8,10,12H2,1H3,(H,22,24). The number of hydrogen-bond acceptors (Lipinski definition) is 3. The smallest absolute Gasteiger partial charge is 0.270 e. The molecule has 5 heteroatoms. The second-order valence-electron chi connectivity index (χ2n) is 6.55. The molecule has 1 amide bonds. The quantitative estimate of drug-likeness (QED) is 0.875. The molecule has 1 aliphatic rings. The Balaban J connectivity index is 1.64. The Labute approximate surface area is 146 Å². The van der Waals surface area contributed by atoms with E-state index in [1.165, 1.54) is 0 Å². The summed E-state index contributed by atoms with van der Waals surface area (Å²) in [6.45, 7) is 2.02. The van der Waals surface area contributed by atoms with Crippen LogP contribution >= 0.6 is 11.6 Å². The number of nitrogens with one attached hydrogen (secondary N) is 1. The van der Waals surface area contributed by atoms with E-state index in [0.717, 1.165) is 24.0 Å². The van der Waals surface area contributed by atoms with Gasteiger partial charge in [0.2, 0.25) is 0 Å². The van der Waals surface area contributed by atoms with Gasteiger partial charge in [-0.2, -0.15) is 0 Å². The van der Waals surface area contributed by atoms with Crippen molar-refractivity contribution in [1.82, 2.24) is 10.3 Å². The Bertz CT molecular complexity index is 784. The van der Waals surface area contributed by atoms with Crippen molar-refractivity contribution in [2.24, 2.45) is 0 Å². The normalized spacial score (nSPS) is 14.9. The Morgan fingerprint density at radius 1 is 1.21 bits per heavy atom. The van der Waals surface area contributed by atoms with Gasteiger partial charge < -0.3 is 5.32 Å². The topological polar surface area (TPSA) is 59.1 Å². The van der Waals surface area contributed by atoms with Crippen LogP contribution in [0, 0.1) is 0 Å². The zero-order valence-electron chi connectivity index (χ0n) is 13.5. The number of hydrogen-bond donors (Lipinski definition) is 1. The molecule has 1 N–H and O–H groups in total. The highest BCUT2D eigenvalue weighted by atomic mass is 35.5. The van der Waals surface area contributed by atoms with Crippen molar-refractivity contribution in [3.63, 3.8) is 0 Å². The van der Waals surface area contributed by atoms with Gasteiger partial charge in [-0.1, -0.05) is 29.8 Å². The maximum Gasteiger partial charge on any atom is 0.270 e. The molecule has 0 aliphatic heterocycles. The number of benzene rings is 1. The minimum absolute atomic E-state index is 0.0508. The first kappa shape index (κ1) is 16.7. The van der Waals surface area contributed by atoms with Gasteiger partial charge in [-0.25, -0.2) is 0 Å². The lowest BCUT2D eigenvalue weighted by Gasteiger charge is -2.11. The largest absolute Gasteiger partial charge is 0.346 e. The molecule has 1 heterocycles. The summed E-state index contributed by atoms with van der Waals surface area (Å²) in [5.74, 6) is -0.134. The highest BCUT2D eigenvalue weighted by Crippen LogP contribution is 2.34. The minimum Gasteiger partial charge on any atom is -0.346 e. The molecule has 4 nitrogen and oxygen atoms in total. The predicted molar refractivity (Wildman–Crippen MR) is 93.2 cm³/mol. The summed E-state index contributed by atoms with van der Waals surface area (Å²) in [6.07, 6.45) is 4.10. The summed E-state index contributed by atoms with van der Waals surface area (Å²) in [4.78, 5) is 28.6. The molecule has 0 saturated heterocycles. The molecule has 1 fully saturated rings. The maximum atomic E-state index is 12.3. The molecule has 124 valence electrons. The third-order valence-electron chi connectivity index (χ3n) is 4.22. The van der Waals surface area contributed by atoms with Gasteiger partial charge in [0.1, 0.15) is 11.5 Å². The van der Waals surface area contributed by atoms with E-state index in [-0.39, 0.29) is 30.1 Å². The Morgan fingerprint density at radius 2 is 1.96 bits per heavy atom. The van der Waals surface area contributed by atoms with Crippen LogP contribution in [0.1, 0.15) is 41.4 Å². The number of halogens is 1. The van der Waals surface area contributed by atoms with Gasteiger partial charge in [-0.05, 0) is 49.1 Å². The molecule has 1 saturated carbocycles. The van der Waals surface area contributed by atoms with Crippen molar-refractivity contribution >= 4 is 23.3 Å². The van der Waals surface area contributed by atoms with Crippen molar-refractivity contribution in [2.45, 2.75) is 38.1 Å². The minimum atomic E-state index is -0.185. The van der Waals surface area contributed by atoms with Crippen LogP contribution in [0.25, 0.3) is 0 Å². The third kappa shape index (κ3) is 4.20. The second-order valence-corrected chi connectivity index (χ2v) is 6.95. The van der Waals surface area contributed by atoms with E-state index in [2.05, 4.69) is 10.3 Å². The lowest BCUT2D eigenvalue weighted by Crippen LogP contribution is -2.34. The van der Waals surface area contributed by atoms with Gasteiger partial charge in [0.05, 0.1) is 0 Å². The number of rotatable bonds is 6. The summed E-state index contributed by atoms with van der Waals surface area (Å²) >= 11 is 6.09. The van der Waals surface area contributed by atoms with Crippen molar-refractivity contribution < 1.29 is 9.59 Å². The van der Waals surface area contributed by atoms with Crippen LogP contribution in [0.5, 0.6) is 0 Å². The van der Waals surface area contributed by atoms with E-state index in [0.29, 0.717) is 10.7 Å². The number of ketones is 1. The van der Waals surface area contributed by atoms with Gasteiger partial charge in [-0.3, -0.25) is 14.6 Å². The maximum absolute atomic E-state index is 12.3. The first-order chi connectivity index (χ1) is 11.5. The van der Waals surface area contributed by atoms with Crippen LogP contribution in [0.2, 0.25) is 5.02 Å². The highest BCUT2D eigenvalue weighted by Gasteiger charge is 2.39. The molecule has 3 rings (SSSR count). The van der Waals surface area contributed by atoms with Crippen LogP contribution in [0.4, 0.5) is 0 Å². The monoisotopic (exact) mass is 342 g/mol. The summed E-state index contributed by atoms with van der Waals surface area (Å²) in [7, 11) is 0. The number of pyridine rings is 1. The van der Waals surface area contributed by atoms with Crippen molar-refractivity contribution in [3.05, 3.63) is 64.4 Å². The SMILES string of the molecule is CC1(NC(=O)c2cc(CC(=O)Cc3ccccc3Cl)ccn2)CC1. The average molecular weight is 343 g/mol. The number of nitrogens with zero attached hydrogens (tertiary/aromatic N) is 1. The molecular formula is C19H19ClN2O2. The van der Waals surface area contributed by atoms with Gasteiger partial charge in [0.15, 0.2) is 0 Å². The molecule has 0 bridgehead atoms. The van der Waals surface area contributed by atoms with Crippen LogP contribution in [-0.2, 0) is 17.6 Å². The van der Waals surface area contributed by atoms with E-state index >= 15 is 0 Å². The Hall–Kier alpha value is -2.20. The van der Waals surface area contributed by atoms with Crippen LogP contribution < -0.4 is 5.32 Å². The van der Waals surface area contributed by atoms with Gasteiger partial charge >= 0.3 is 0 Å². The van der Waals surface area contributed by atoms with Crippen molar-refractivity contribution in [2.75, 3.05) is 0 Å². The van der Waals surface area contributed by atoms with E-state index in [1.54, 1.807) is 24.4 Å². The number of carbonyl (C=O) groups is 2. The Morgan fingerprint density at radius 3 is 2.67 bits per heavy atom. The zero-order chi connectivity index (χ0) is 17.2. The number of Topliss-reactive ketones (excluding diaryl/α,β-unsaturated/α-hetero) is 1. The molecule has 1 aliphatic carbocycles. The zero-order valence-corrected chi connectivity index (χ0v) is 14.3. The number of amides is 1. The first-order valence-electron chi connectivity index (χ1n) is 7.98. The summed E-state index contributed by atoms with van der Waals surface area (Å²) in [6, 6.07) is 10.8. The number of aromatic nitrogens is 1. The lowest BCUT2D eigenvalue weighted by atomic mass is 10.0. The summed E-state index contributed by atoms with van der Waals surface area (Å²) < 4.78 is 0. The fourth-order valence-electron chi connectivity index (χ4n) is 2.50. The predicted octanol–water partition coefficient (Wildman–Crippen LogP) is 3.37. The molecule has 24 heavy (non-hydrogen) atoms. The van der Waals surface area contributed by atoms with Crippen molar-refractivity contribution in [1.29, 1.82) is 0 Å². The summed E-state index contributed by atoms with van der Waals surface area (Å²) in [5, 5.41) is 3.57. The molecule has 0 spiro atoms. The fraction of sp³-hybridized carbons (Fsp3) is 0.316. The van der Waals surface area contributed by atoms with Gasteiger partial charge in [-0.15, -0.1) is 0 Å².